The second-order valence-electron chi connectivity index (χ2n) is 9.04. The smallest absolute Gasteiger partial charge is 0.273 e. The van der Waals surface area contributed by atoms with Crippen LogP contribution in [0.3, 0.4) is 0 Å². The summed E-state index contributed by atoms with van der Waals surface area (Å²) in [5, 5.41) is 27.0. The highest BCUT2D eigenvalue weighted by atomic mass is 19.2. The minimum absolute atomic E-state index is 0.287. The molecule has 3 heterocycles. The van der Waals surface area contributed by atoms with Gasteiger partial charge in [-0.05, 0) is 51.0 Å². The zero-order valence-electron chi connectivity index (χ0n) is 22.5. The summed E-state index contributed by atoms with van der Waals surface area (Å²) in [6, 6.07) is 3.40. The van der Waals surface area contributed by atoms with Crippen LogP contribution in [0.4, 0.5) is 10.2 Å². The zero-order chi connectivity index (χ0) is 28.3. The van der Waals surface area contributed by atoms with Crippen LogP contribution in [0.25, 0.3) is 16.5 Å². The van der Waals surface area contributed by atoms with E-state index in [0.717, 1.165) is 6.26 Å². The van der Waals surface area contributed by atoms with Gasteiger partial charge < -0.3 is 25.0 Å². The van der Waals surface area contributed by atoms with Crippen molar-refractivity contribution in [1.82, 2.24) is 30.6 Å². The molecule has 208 valence electrons. The molecule has 0 amide bonds. The lowest BCUT2D eigenvalue weighted by Gasteiger charge is -2.16. The van der Waals surface area contributed by atoms with Gasteiger partial charge in [0.25, 0.3) is 5.56 Å². The number of hydrogen-bond acceptors (Lipinski definition) is 10. The zero-order valence-corrected chi connectivity index (χ0v) is 22.5. The molecule has 0 saturated carbocycles. The summed E-state index contributed by atoms with van der Waals surface area (Å²) in [6.07, 6.45) is 11.2. The number of aromatic amines is 1. The highest BCUT2D eigenvalue weighted by molar-refractivity contribution is 5.86. The van der Waals surface area contributed by atoms with Crippen molar-refractivity contribution in [2.75, 3.05) is 18.4 Å². The first-order chi connectivity index (χ1) is 18.7. The van der Waals surface area contributed by atoms with Crippen molar-refractivity contribution in [3.8, 4) is 0 Å². The van der Waals surface area contributed by atoms with Crippen molar-refractivity contribution < 1.29 is 18.8 Å². The van der Waals surface area contributed by atoms with Gasteiger partial charge >= 0.3 is 0 Å². The summed E-state index contributed by atoms with van der Waals surface area (Å²) in [6.45, 7) is 7.35. The van der Waals surface area contributed by atoms with E-state index in [1.165, 1.54) is 13.8 Å². The molecule has 0 atom stereocenters. The number of rotatable bonds is 14. The molecule has 39 heavy (non-hydrogen) atoms. The highest BCUT2D eigenvalue weighted by Gasteiger charge is 2.16. The number of H-pyrrole nitrogens is 1. The molecule has 0 radical (unpaired) electrons. The first-order valence-electron chi connectivity index (χ1n) is 12.6. The van der Waals surface area contributed by atoms with Crippen molar-refractivity contribution in [3.05, 3.63) is 82.4 Å². The Bertz CT molecular complexity index is 1420. The summed E-state index contributed by atoms with van der Waals surface area (Å²) in [7, 11) is 0. The third kappa shape index (κ3) is 9.09. The average molecular weight is 540 g/mol. The molecule has 3 rings (SSSR count). The fraction of sp³-hybridized carbons (Fsp3) is 0.370. The lowest BCUT2D eigenvalue weighted by atomic mass is 10.2. The second-order valence-corrected chi connectivity index (χ2v) is 9.04. The van der Waals surface area contributed by atoms with Crippen LogP contribution in [0.1, 0.15) is 52.3 Å². The number of pyridine rings is 1. The van der Waals surface area contributed by atoms with Crippen molar-refractivity contribution >= 4 is 22.3 Å². The number of anilines is 1. The predicted molar refractivity (Wildman–Crippen MR) is 147 cm³/mol. The number of hydrogen-bond donors (Lipinski definition) is 4. The number of aliphatic hydroxyl groups is 1. The van der Waals surface area contributed by atoms with Gasteiger partial charge in [0.1, 0.15) is 5.52 Å². The molecule has 0 aromatic carbocycles. The molecule has 0 aliphatic rings. The maximum atomic E-state index is 13.7. The highest BCUT2D eigenvalue weighted by Crippen LogP contribution is 2.18. The SMILES string of the molecule is C\C=C/C(=C\C=C(/C)OC(C)(C)F)c1noc(CC/C(=C\O)NCCCNc2n[nH]c(=O)c3cccnc23)n1. The number of fused-ring (bicyclic) bond motifs is 1. The van der Waals surface area contributed by atoms with E-state index in [1.54, 1.807) is 37.4 Å². The van der Waals surface area contributed by atoms with E-state index >= 15 is 0 Å². The van der Waals surface area contributed by atoms with E-state index in [4.69, 9.17) is 9.26 Å². The number of aliphatic hydroxyl groups excluding tert-OH is 1. The van der Waals surface area contributed by atoms with Crippen molar-refractivity contribution in [3.63, 3.8) is 0 Å². The van der Waals surface area contributed by atoms with Crippen LogP contribution in [0.2, 0.25) is 0 Å². The Kier molecular flexibility index (Phi) is 10.4. The predicted octanol–water partition coefficient (Wildman–Crippen LogP) is 4.71. The molecule has 0 spiro atoms. The molecule has 0 bridgehead atoms. The number of nitrogens with zero attached hydrogens (tertiary/aromatic N) is 4. The Morgan fingerprint density at radius 3 is 2.87 bits per heavy atom. The molecule has 0 unspecified atom stereocenters. The molecule has 11 nitrogen and oxygen atoms in total. The van der Waals surface area contributed by atoms with Crippen molar-refractivity contribution in [1.29, 1.82) is 0 Å². The van der Waals surface area contributed by atoms with Crippen LogP contribution in [-0.2, 0) is 11.2 Å². The third-order valence-corrected chi connectivity index (χ3v) is 5.28. The number of ether oxygens (including phenoxy) is 1. The van der Waals surface area contributed by atoms with Crippen LogP contribution in [0, 0.1) is 0 Å². The first-order valence-corrected chi connectivity index (χ1v) is 12.6. The number of aromatic nitrogens is 5. The number of halogens is 1. The number of allylic oxidation sites excluding steroid dienone is 7. The van der Waals surface area contributed by atoms with Gasteiger partial charge in [0.05, 0.1) is 17.4 Å². The quantitative estimate of drug-likeness (QED) is 0.129. The maximum absolute atomic E-state index is 13.7. The molecule has 0 aliphatic carbocycles. The van der Waals surface area contributed by atoms with Gasteiger partial charge in [0.2, 0.25) is 17.6 Å². The minimum atomic E-state index is -1.77. The topological polar surface area (TPSA) is 151 Å². The van der Waals surface area contributed by atoms with Gasteiger partial charge in [-0.25, -0.2) is 5.10 Å². The molecular formula is C27H34FN7O4. The molecule has 3 aromatic heterocycles. The van der Waals surface area contributed by atoms with Crippen LogP contribution >= 0.6 is 0 Å². The van der Waals surface area contributed by atoms with Crippen LogP contribution in [0.15, 0.2) is 69.7 Å². The van der Waals surface area contributed by atoms with Gasteiger partial charge in [-0.2, -0.15) is 14.5 Å². The van der Waals surface area contributed by atoms with Crippen LogP contribution in [0.5, 0.6) is 0 Å². The minimum Gasteiger partial charge on any atom is -0.514 e. The number of nitrogens with one attached hydrogen (secondary N) is 3. The second kappa shape index (κ2) is 13.9. The number of aryl methyl sites for hydroxylation is 1. The van der Waals surface area contributed by atoms with E-state index < -0.39 is 5.85 Å². The van der Waals surface area contributed by atoms with Crippen molar-refractivity contribution in [2.45, 2.75) is 52.8 Å². The fourth-order valence-corrected chi connectivity index (χ4v) is 3.59. The van der Waals surface area contributed by atoms with Gasteiger partial charge in [-0.3, -0.25) is 9.78 Å². The van der Waals surface area contributed by atoms with Crippen LogP contribution in [-0.4, -0.2) is 49.4 Å². The molecule has 0 saturated heterocycles. The summed E-state index contributed by atoms with van der Waals surface area (Å²) < 4.78 is 24.2. The lowest BCUT2D eigenvalue weighted by molar-refractivity contribution is -0.0781. The normalized spacial score (nSPS) is 13.3. The fourth-order valence-electron chi connectivity index (χ4n) is 3.59. The molecular weight excluding hydrogens is 505 g/mol. The van der Waals surface area contributed by atoms with Crippen molar-refractivity contribution in [2.24, 2.45) is 0 Å². The van der Waals surface area contributed by atoms with Gasteiger partial charge in [-0.1, -0.05) is 17.3 Å². The van der Waals surface area contributed by atoms with E-state index in [-0.39, 0.29) is 5.56 Å². The first kappa shape index (κ1) is 29.1. The van der Waals surface area contributed by atoms with E-state index in [0.29, 0.717) is 77.8 Å². The summed E-state index contributed by atoms with van der Waals surface area (Å²) >= 11 is 0. The molecule has 0 fully saturated rings. The Labute approximate surface area is 225 Å². The Morgan fingerprint density at radius 2 is 2.13 bits per heavy atom. The lowest BCUT2D eigenvalue weighted by Crippen LogP contribution is -2.19. The summed E-state index contributed by atoms with van der Waals surface area (Å²) in [5.41, 5.74) is 1.53. The standard InChI is InChI=1S/C27H34FN7O4/c1-5-8-19(11-10-18(2)38-27(3,4)28)24-32-22(39-35-24)13-12-20(17-36)29-15-7-16-31-25-23-21(9-6-14-30-23)26(37)34-33-25/h5-6,8-11,14,17,29,36H,7,12-13,15-16H2,1-4H3,(H,31,33)(H,34,37)/b8-5-,18-10+,19-11+,20-17+. The van der Waals surface area contributed by atoms with E-state index in [2.05, 4.69) is 36.0 Å². The molecule has 12 heteroatoms. The maximum Gasteiger partial charge on any atom is 0.273 e. The molecule has 0 aliphatic heterocycles. The average Bonchev–Trinajstić information content (AvgIpc) is 3.37. The Morgan fingerprint density at radius 1 is 1.31 bits per heavy atom. The van der Waals surface area contributed by atoms with Gasteiger partial charge in [0, 0.05) is 50.8 Å². The molecule has 4 N–H and O–H groups in total. The summed E-state index contributed by atoms with van der Waals surface area (Å²) in [4.78, 5) is 20.5. The Balaban J connectivity index is 1.48. The molecule has 3 aromatic rings. The van der Waals surface area contributed by atoms with E-state index in [1.807, 2.05) is 19.1 Å². The van der Waals surface area contributed by atoms with Crippen LogP contribution < -0.4 is 16.2 Å². The largest absolute Gasteiger partial charge is 0.514 e. The monoisotopic (exact) mass is 539 g/mol. The Hall–Kier alpha value is -4.48. The van der Waals surface area contributed by atoms with Gasteiger partial charge in [-0.15, -0.1) is 0 Å². The summed E-state index contributed by atoms with van der Waals surface area (Å²) in [5.74, 6) is -0.0609. The van der Waals surface area contributed by atoms with Gasteiger partial charge in [0.15, 0.2) is 5.82 Å². The number of alkyl halides is 1. The van der Waals surface area contributed by atoms with E-state index in [9.17, 15) is 14.3 Å². The third-order valence-electron chi connectivity index (χ3n) is 5.28.